The highest BCUT2D eigenvalue weighted by Crippen LogP contribution is 2.32. The second-order valence-corrected chi connectivity index (χ2v) is 9.79. The van der Waals surface area contributed by atoms with Gasteiger partial charge in [-0.3, -0.25) is 4.79 Å². The summed E-state index contributed by atoms with van der Waals surface area (Å²) in [7, 11) is 0. The Balaban J connectivity index is 1.66. The van der Waals surface area contributed by atoms with Gasteiger partial charge in [0.15, 0.2) is 0 Å². The van der Waals surface area contributed by atoms with Crippen molar-refractivity contribution in [2.45, 2.75) is 38.8 Å². The lowest BCUT2D eigenvalue weighted by Crippen LogP contribution is -2.41. The first kappa shape index (κ1) is 21.4. The first-order valence-electron chi connectivity index (χ1n) is 10.5. The van der Waals surface area contributed by atoms with E-state index in [9.17, 15) is 4.79 Å². The van der Waals surface area contributed by atoms with E-state index in [-0.39, 0.29) is 17.4 Å². The van der Waals surface area contributed by atoms with Crippen molar-refractivity contribution in [2.75, 3.05) is 23.4 Å². The van der Waals surface area contributed by atoms with Gasteiger partial charge in [0, 0.05) is 29.7 Å². The number of anilines is 1. The second-order valence-electron chi connectivity index (χ2n) is 8.64. The van der Waals surface area contributed by atoms with Crippen LogP contribution in [0.15, 0.2) is 59.3 Å². The smallest absolute Gasteiger partial charge is 0.259 e. The summed E-state index contributed by atoms with van der Waals surface area (Å²) in [5.41, 5.74) is 1.42. The van der Waals surface area contributed by atoms with Gasteiger partial charge in [-0.25, -0.2) is 9.97 Å². The van der Waals surface area contributed by atoms with Crippen LogP contribution in [0.25, 0.3) is 0 Å². The van der Waals surface area contributed by atoms with Gasteiger partial charge in [-0.2, -0.15) is 11.8 Å². The Morgan fingerprint density at radius 3 is 2.74 bits per heavy atom. The van der Waals surface area contributed by atoms with Crippen molar-refractivity contribution in [3.8, 4) is 0 Å². The molecule has 1 unspecified atom stereocenters. The van der Waals surface area contributed by atoms with Crippen LogP contribution in [0.2, 0.25) is 0 Å². The summed E-state index contributed by atoms with van der Waals surface area (Å²) < 4.78 is 5.44. The van der Waals surface area contributed by atoms with Crippen molar-refractivity contribution in [3.63, 3.8) is 0 Å². The van der Waals surface area contributed by atoms with Crippen LogP contribution in [0, 0.1) is 0 Å². The lowest BCUT2D eigenvalue weighted by Gasteiger charge is -2.36. The topological polar surface area (TPSA) is 71.3 Å². The molecular formula is C24H28N4O2S. The summed E-state index contributed by atoms with van der Waals surface area (Å²) in [5.74, 6) is 3.78. The minimum Gasteiger partial charge on any atom is -0.467 e. The summed E-state index contributed by atoms with van der Waals surface area (Å²) in [6, 6.07) is 14.0. The Morgan fingerprint density at radius 1 is 1.23 bits per heavy atom. The molecule has 1 saturated heterocycles. The molecule has 1 aliphatic heterocycles. The number of nitrogens with one attached hydrogen (secondary N) is 1. The van der Waals surface area contributed by atoms with Crippen LogP contribution in [-0.2, 0) is 12.0 Å². The predicted octanol–water partition coefficient (Wildman–Crippen LogP) is 4.91. The summed E-state index contributed by atoms with van der Waals surface area (Å²) in [4.78, 5) is 24.9. The summed E-state index contributed by atoms with van der Waals surface area (Å²) in [5, 5.41) is 3.31. The third-order valence-electron chi connectivity index (χ3n) is 5.27. The normalized spacial score (nSPS) is 16.9. The maximum absolute atomic E-state index is 13.7. The number of thioether (sulfide) groups is 1. The van der Waals surface area contributed by atoms with Gasteiger partial charge >= 0.3 is 0 Å². The summed E-state index contributed by atoms with van der Waals surface area (Å²) in [6.45, 7) is 7.34. The van der Waals surface area contributed by atoms with E-state index in [1.165, 1.54) is 0 Å². The van der Waals surface area contributed by atoms with Crippen LogP contribution in [0.1, 0.15) is 54.3 Å². The second kappa shape index (κ2) is 9.14. The SMILES string of the molecule is CC(C)(C)c1ncc(C(=O)N2CCSCC2c2ccccc2)c(NCc2ccco2)n1. The van der Waals surface area contributed by atoms with E-state index in [0.717, 1.165) is 22.8 Å². The Bertz CT molecular complexity index is 1020. The highest BCUT2D eigenvalue weighted by atomic mass is 32.2. The molecule has 3 heterocycles. The van der Waals surface area contributed by atoms with Gasteiger partial charge in [0.25, 0.3) is 5.91 Å². The maximum Gasteiger partial charge on any atom is 0.259 e. The highest BCUT2D eigenvalue weighted by molar-refractivity contribution is 7.99. The van der Waals surface area contributed by atoms with Gasteiger partial charge in [-0.05, 0) is 17.7 Å². The van der Waals surface area contributed by atoms with Crippen LogP contribution < -0.4 is 5.32 Å². The lowest BCUT2D eigenvalue weighted by molar-refractivity contribution is 0.0701. The summed E-state index contributed by atoms with van der Waals surface area (Å²) in [6.07, 6.45) is 3.31. The standard InChI is InChI=1S/C24H28N4O2S/c1-24(2,3)23-26-15-19(21(27-23)25-14-18-10-7-12-30-18)22(29)28-11-13-31-16-20(28)17-8-5-4-6-9-17/h4-10,12,15,20H,11,13-14,16H2,1-3H3,(H,25,26,27). The van der Waals surface area contributed by atoms with Crippen molar-refractivity contribution >= 4 is 23.5 Å². The van der Waals surface area contributed by atoms with Gasteiger partial charge in [0.05, 0.1) is 18.8 Å². The first-order valence-corrected chi connectivity index (χ1v) is 11.7. The molecule has 1 N–H and O–H groups in total. The monoisotopic (exact) mass is 436 g/mol. The van der Waals surface area contributed by atoms with Gasteiger partial charge in [-0.1, -0.05) is 51.1 Å². The third-order valence-corrected chi connectivity index (χ3v) is 6.30. The van der Waals surface area contributed by atoms with E-state index in [1.54, 1.807) is 12.5 Å². The average molecular weight is 437 g/mol. The largest absolute Gasteiger partial charge is 0.467 e. The van der Waals surface area contributed by atoms with Crippen molar-refractivity contribution in [1.82, 2.24) is 14.9 Å². The Hall–Kier alpha value is -2.80. The number of hydrogen-bond donors (Lipinski definition) is 1. The molecule has 1 fully saturated rings. The lowest BCUT2D eigenvalue weighted by atomic mass is 9.95. The highest BCUT2D eigenvalue weighted by Gasteiger charge is 2.31. The number of nitrogens with zero attached hydrogens (tertiary/aromatic N) is 3. The number of hydrogen-bond acceptors (Lipinski definition) is 6. The van der Waals surface area contributed by atoms with Crippen LogP contribution in [0.4, 0.5) is 5.82 Å². The van der Waals surface area contributed by atoms with Gasteiger partial charge in [-0.15, -0.1) is 0 Å². The molecule has 0 radical (unpaired) electrons. The predicted molar refractivity (Wildman–Crippen MR) is 124 cm³/mol. The zero-order chi connectivity index (χ0) is 21.8. The molecule has 0 spiro atoms. The van der Waals surface area contributed by atoms with Crippen LogP contribution in [0.3, 0.4) is 0 Å². The number of amides is 1. The van der Waals surface area contributed by atoms with Crippen LogP contribution in [0.5, 0.6) is 0 Å². The molecule has 7 heteroatoms. The fourth-order valence-corrected chi connectivity index (χ4v) is 4.66. The first-order chi connectivity index (χ1) is 14.9. The molecule has 2 aromatic heterocycles. The molecule has 0 aliphatic carbocycles. The fourth-order valence-electron chi connectivity index (χ4n) is 3.57. The zero-order valence-electron chi connectivity index (χ0n) is 18.2. The third kappa shape index (κ3) is 4.93. The molecule has 6 nitrogen and oxygen atoms in total. The molecule has 3 aromatic rings. The average Bonchev–Trinajstić information content (AvgIpc) is 3.31. The maximum atomic E-state index is 13.7. The van der Waals surface area contributed by atoms with E-state index >= 15 is 0 Å². The zero-order valence-corrected chi connectivity index (χ0v) is 19.0. The van der Waals surface area contributed by atoms with E-state index in [1.807, 2.05) is 47.0 Å². The van der Waals surface area contributed by atoms with Crippen LogP contribution >= 0.6 is 11.8 Å². The minimum absolute atomic E-state index is 0.0349. The Kier molecular flexibility index (Phi) is 6.32. The molecule has 1 aliphatic rings. The number of aromatic nitrogens is 2. The number of carbonyl (C=O) groups is 1. The van der Waals surface area contributed by atoms with E-state index in [2.05, 4.69) is 43.2 Å². The van der Waals surface area contributed by atoms with E-state index < -0.39 is 0 Å². The van der Waals surface area contributed by atoms with Crippen molar-refractivity contribution in [3.05, 3.63) is 77.6 Å². The molecule has 1 aromatic carbocycles. The summed E-state index contributed by atoms with van der Waals surface area (Å²) >= 11 is 1.88. The molecule has 31 heavy (non-hydrogen) atoms. The molecule has 4 rings (SSSR count). The fraction of sp³-hybridized carbons (Fsp3) is 0.375. The number of carbonyl (C=O) groups excluding carboxylic acids is 1. The van der Waals surface area contributed by atoms with Gasteiger partial charge < -0.3 is 14.6 Å². The Morgan fingerprint density at radius 2 is 2.03 bits per heavy atom. The van der Waals surface area contributed by atoms with Crippen molar-refractivity contribution in [2.24, 2.45) is 0 Å². The number of rotatable bonds is 5. The van der Waals surface area contributed by atoms with Crippen LogP contribution in [-0.4, -0.2) is 38.8 Å². The quantitative estimate of drug-likeness (QED) is 0.613. The molecule has 0 saturated carbocycles. The van der Waals surface area contributed by atoms with Crippen molar-refractivity contribution < 1.29 is 9.21 Å². The Labute approximate surface area is 187 Å². The molecule has 0 bridgehead atoms. The van der Waals surface area contributed by atoms with Gasteiger partial charge in [0.2, 0.25) is 0 Å². The molecule has 1 atom stereocenters. The van der Waals surface area contributed by atoms with Gasteiger partial charge in [0.1, 0.15) is 23.0 Å². The minimum atomic E-state index is -0.225. The molecule has 1 amide bonds. The number of benzene rings is 1. The molecular weight excluding hydrogens is 408 g/mol. The number of furan rings is 1. The van der Waals surface area contributed by atoms with Crippen molar-refractivity contribution in [1.29, 1.82) is 0 Å². The van der Waals surface area contributed by atoms with E-state index in [0.29, 0.717) is 30.3 Å². The molecule has 162 valence electrons. The van der Waals surface area contributed by atoms with E-state index in [4.69, 9.17) is 9.40 Å².